The summed E-state index contributed by atoms with van der Waals surface area (Å²) >= 11 is 1.68. The van der Waals surface area contributed by atoms with E-state index in [9.17, 15) is 4.79 Å². The number of nitrogens with one attached hydrogen (secondary N) is 4. The van der Waals surface area contributed by atoms with E-state index in [4.69, 9.17) is 0 Å². The Labute approximate surface area is 137 Å². The van der Waals surface area contributed by atoms with Crippen LogP contribution in [0.4, 0.5) is 0 Å². The van der Waals surface area contributed by atoms with E-state index in [-0.39, 0.29) is 17.3 Å². The molecule has 1 aromatic rings. The zero-order valence-corrected chi connectivity index (χ0v) is 13.9. The Kier molecular flexibility index (Phi) is 7.73. The molecule has 0 bridgehead atoms. The van der Waals surface area contributed by atoms with Crippen molar-refractivity contribution >= 4 is 17.7 Å². The van der Waals surface area contributed by atoms with E-state index in [0.29, 0.717) is 0 Å². The number of thioether (sulfide) groups is 1. The summed E-state index contributed by atoms with van der Waals surface area (Å²) in [4.78, 5) is 12.3. The van der Waals surface area contributed by atoms with Crippen molar-refractivity contribution in [2.45, 2.75) is 17.8 Å². The standard InChI is InChI=1S/C16H26N4OS/c1-17-9-10-18-8-7-14(13-5-3-2-4-6-13)20-15(21)16-19-11-12-22-16/h2-6,14,16-19H,7-12H2,1H3,(H,20,21). The predicted molar refractivity (Wildman–Crippen MR) is 93.0 cm³/mol. The van der Waals surface area contributed by atoms with Gasteiger partial charge in [0.25, 0.3) is 0 Å². The second-order valence-electron chi connectivity index (χ2n) is 5.32. The number of hydrogen-bond acceptors (Lipinski definition) is 5. The van der Waals surface area contributed by atoms with Crippen molar-refractivity contribution in [3.63, 3.8) is 0 Å². The van der Waals surface area contributed by atoms with Gasteiger partial charge in [0.05, 0.1) is 6.04 Å². The summed E-state index contributed by atoms with van der Waals surface area (Å²) in [5.74, 6) is 1.09. The van der Waals surface area contributed by atoms with Gasteiger partial charge in [0.1, 0.15) is 5.37 Å². The number of rotatable bonds is 9. The molecule has 1 amide bonds. The molecule has 2 rings (SSSR count). The van der Waals surface area contributed by atoms with Crippen molar-refractivity contribution < 1.29 is 4.79 Å². The largest absolute Gasteiger partial charge is 0.347 e. The van der Waals surface area contributed by atoms with Gasteiger partial charge < -0.3 is 16.0 Å². The average molecular weight is 322 g/mol. The second-order valence-corrected chi connectivity index (χ2v) is 6.53. The number of likely N-dealkylation sites (N-methyl/N-ethyl adjacent to an activating group) is 1. The number of amides is 1. The molecule has 4 N–H and O–H groups in total. The molecule has 1 fully saturated rings. The molecule has 1 aliphatic heterocycles. The average Bonchev–Trinajstić information content (AvgIpc) is 3.09. The molecule has 1 saturated heterocycles. The molecule has 1 aromatic carbocycles. The first kappa shape index (κ1) is 17.3. The summed E-state index contributed by atoms with van der Waals surface area (Å²) < 4.78 is 0. The van der Waals surface area contributed by atoms with Gasteiger partial charge in [-0.3, -0.25) is 10.1 Å². The Morgan fingerprint density at radius 3 is 2.82 bits per heavy atom. The molecular formula is C16H26N4OS. The van der Waals surface area contributed by atoms with Crippen molar-refractivity contribution in [2.75, 3.05) is 39.0 Å². The minimum Gasteiger partial charge on any atom is -0.347 e. The van der Waals surface area contributed by atoms with Crippen molar-refractivity contribution in [3.05, 3.63) is 35.9 Å². The molecule has 5 nitrogen and oxygen atoms in total. The van der Waals surface area contributed by atoms with Gasteiger partial charge in [0, 0.05) is 25.4 Å². The van der Waals surface area contributed by atoms with Gasteiger partial charge in [-0.15, -0.1) is 11.8 Å². The molecule has 22 heavy (non-hydrogen) atoms. The fourth-order valence-corrected chi connectivity index (χ4v) is 3.36. The van der Waals surface area contributed by atoms with Gasteiger partial charge in [-0.2, -0.15) is 0 Å². The van der Waals surface area contributed by atoms with Crippen molar-refractivity contribution in [3.8, 4) is 0 Å². The van der Waals surface area contributed by atoms with Crippen molar-refractivity contribution in [1.29, 1.82) is 0 Å². The van der Waals surface area contributed by atoms with Crippen LogP contribution in [0.3, 0.4) is 0 Å². The lowest BCUT2D eigenvalue weighted by atomic mass is 10.0. The highest BCUT2D eigenvalue weighted by Gasteiger charge is 2.25. The summed E-state index contributed by atoms with van der Waals surface area (Å²) in [7, 11) is 1.95. The van der Waals surface area contributed by atoms with E-state index in [1.807, 2.05) is 25.2 Å². The number of benzene rings is 1. The second kappa shape index (κ2) is 9.84. The first-order valence-corrected chi connectivity index (χ1v) is 8.92. The van der Waals surface area contributed by atoms with Crippen LogP contribution in [0.5, 0.6) is 0 Å². The normalized spacial score (nSPS) is 19.0. The van der Waals surface area contributed by atoms with Crippen LogP contribution in [0, 0.1) is 0 Å². The Hall–Kier alpha value is -1.08. The quantitative estimate of drug-likeness (QED) is 0.504. The predicted octanol–water partition coefficient (Wildman–Crippen LogP) is 0.706. The van der Waals surface area contributed by atoms with Crippen LogP contribution in [0.15, 0.2) is 30.3 Å². The summed E-state index contributed by atoms with van der Waals surface area (Å²) in [5, 5.41) is 12.8. The van der Waals surface area contributed by atoms with Crippen LogP contribution in [0.2, 0.25) is 0 Å². The van der Waals surface area contributed by atoms with Crippen LogP contribution in [-0.2, 0) is 4.79 Å². The van der Waals surface area contributed by atoms with Crippen LogP contribution in [0.25, 0.3) is 0 Å². The highest BCUT2D eigenvalue weighted by atomic mass is 32.2. The van der Waals surface area contributed by atoms with Crippen LogP contribution < -0.4 is 21.3 Å². The molecule has 0 radical (unpaired) electrons. The highest BCUT2D eigenvalue weighted by Crippen LogP contribution is 2.19. The third-order valence-electron chi connectivity index (χ3n) is 3.63. The Morgan fingerprint density at radius 1 is 1.32 bits per heavy atom. The van der Waals surface area contributed by atoms with Gasteiger partial charge in [0.15, 0.2) is 0 Å². The monoisotopic (exact) mass is 322 g/mol. The topological polar surface area (TPSA) is 65.2 Å². The molecule has 0 saturated carbocycles. The fraction of sp³-hybridized carbons (Fsp3) is 0.562. The summed E-state index contributed by atoms with van der Waals surface area (Å²) in [6.07, 6.45) is 0.886. The first-order chi connectivity index (χ1) is 10.8. The zero-order valence-electron chi connectivity index (χ0n) is 13.1. The lowest BCUT2D eigenvalue weighted by molar-refractivity contribution is -0.121. The lowest BCUT2D eigenvalue weighted by Crippen LogP contribution is -2.41. The molecule has 6 heteroatoms. The Bertz CT molecular complexity index is 437. The minimum atomic E-state index is -0.108. The zero-order chi connectivity index (χ0) is 15.6. The van der Waals surface area contributed by atoms with E-state index in [1.54, 1.807) is 11.8 Å². The van der Waals surface area contributed by atoms with Crippen LogP contribution in [-0.4, -0.2) is 50.3 Å². The maximum Gasteiger partial charge on any atom is 0.248 e. The number of carbonyl (C=O) groups excluding carboxylic acids is 1. The molecule has 1 aliphatic rings. The maximum absolute atomic E-state index is 12.3. The number of hydrogen-bond donors (Lipinski definition) is 4. The molecule has 1 heterocycles. The maximum atomic E-state index is 12.3. The van der Waals surface area contributed by atoms with Gasteiger partial charge >= 0.3 is 0 Å². The molecule has 2 atom stereocenters. The van der Waals surface area contributed by atoms with Crippen molar-refractivity contribution in [1.82, 2.24) is 21.3 Å². The summed E-state index contributed by atoms with van der Waals surface area (Å²) in [5.41, 5.74) is 1.16. The third kappa shape index (κ3) is 5.61. The van der Waals surface area contributed by atoms with E-state index >= 15 is 0 Å². The van der Waals surface area contributed by atoms with Crippen LogP contribution >= 0.6 is 11.8 Å². The molecule has 0 aromatic heterocycles. The first-order valence-electron chi connectivity index (χ1n) is 7.87. The lowest BCUT2D eigenvalue weighted by Gasteiger charge is -2.21. The van der Waals surface area contributed by atoms with Gasteiger partial charge in [-0.05, 0) is 25.6 Å². The summed E-state index contributed by atoms with van der Waals surface area (Å²) in [6.45, 7) is 3.67. The summed E-state index contributed by atoms with van der Waals surface area (Å²) in [6, 6.07) is 10.2. The Balaban J connectivity index is 1.88. The third-order valence-corrected chi connectivity index (χ3v) is 4.79. The molecular weight excluding hydrogens is 296 g/mol. The van der Waals surface area contributed by atoms with E-state index in [1.165, 1.54) is 0 Å². The van der Waals surface area contributed by atoms with Gasteiger partial charge in [-0.25, -0.2) is 0 Å². The van der Waals surface area contributed by atoms with Crippen molar-refractivity contribution in [2.24, 2.45) is 0 Å². The molecule has 0 aliphatic carbocycles. The van der Waals surface area contributed by atoms with Gasteiger partial charge in [0.2, 0.25) is 5.91 Å². The fourth-order valence-electron chi connectivity index (χ4n) is 2.43. The van der Waals surface area contributed by atoms with E-state index in [0.717, 1.165) is 43.9 Å². The van der Waals surface area contributed by atoms with E-state index < -0.39 is 0 Å². The minimum absolute atomic E-state index is 0.0544. The number of carbonyl (C=O) groups is 1. The van der Waals surface area contributed by atoms with Crippen LogP contribution in [0.1, 0.15) is 18.0 Å². The van der Waals surface area contributed by atoms with Gasteiger partial charge in [-0.1, -0.05) is 30.3 Å². The molecule has 122 valence electrons. The SMILES string of the molecule is CNCCNCCC(NC(=O)C1NCCS1)c1ccccc1. The molecule has 0 spiro atoms. The highest BCUT2D eigenvalue weighted by molar-refractivity contribution is 8.00. The molecule has 2 unspecified atom stereocenters. The van der Waals surface area contributed by atoms with E-state index in [2.05, 4.69) is 33.4 Å². The smallest absolute Gasteiger partial charge is 0.248 e. The Morgan fingerprint density at radius 2 is 2.14 bits per heavy atom.